The van der Waals surface area contributed by atoms with Crippen molar-refractivity contribution in [2.45, 2.75) is 6.42 Å². The molecule has 1 aliphatic rings. The van der Waals surface area contributed by atoms with Gasteiger partial charge in [-0.1, -0.05) is 22.0 Å². The highest BCUT2D eigenvalue weighted by atomic mass is 79.9. The van der Waals surface area contributed by atoms with Gasteiger partial charge in [-0.3, -0.25) is 4.79 Å². The maximum Gasteiger partial charge on any atom is 0.264 e. The van der Waals surface area contributed by atoms with Crippen LogP contribution in [-0.4, -0.2) is 19.1 Å². The molecule has 1 aliphatic heterocycles. The van der Waals surface area contributed by atoms with Crippen LogP contribution in [0.15, 0.2) is 40.9 Å². The van der Waals surface area contributed by atoms with Crippen LogP contribution in [0, 0.1) is 11.6 Å². The van der Waals surface area contributed by atoms with Crippen LogP contribution in [-0.2, 0) is 11.2 Å². The minimum absolute atomic E-state index is 0.186. The van der Waals surface area contributed by atoms with Crippen molar-refractivity contribution in [3.8, 4) is 5.75 Å². The molecule has 2 aromatic rings. The summed E-state index contributed by atoms with van der Waals surface area (Å²) in [6.45, 7) is 0.143. The highest BCUT2D eigenvalue weighted by Crippen LogP contribution is 2.31. The van der Waals surface area contributed by atoms with Crippen LogP contribution in [0.5, 0.6) is 5.75 Å². The van der Waals surface area contributed by atoms with E-state index in [1.165, 1.54) is 11.0 Å². The molecule has 3 rings (SSSR count). The minimum Gasteiger partial charge on any atom is -0.484 e. The molecule has 22 heavy (non-hydrogen) atoms. The van der Waals surface area contributed by atoms with E-state index >= 15 is 0 Å². The number of carbonyl (C=O) groups excluding carboxylic acids is 1. The molecule has 1 heterocycles. The molecular weight excluding hydrogens is 356 g/mol. The summed E-state index contributed by atoms with van der Waals surface area (Å²) in [5.74, 6) is -1.08. The van der Waals surface area contributed by atoms with Crippen molar-refractivity contribution in [2.24, 2.45) is 0 Å². The topological polar surface area (TPSA) is 29.5 Å². The van der Waals surface area contributed by atoms with E-state index in [0.29, 0.717) is 30.0 Å². The second kappa shape index (κ2) is 6.04. The Morgan fingerprint density at radius 1 is 1.27 bits per heavy atom. The summed E-state index contributed by atoms with van der Waals surface area (Å²) in [4.78, 5) is 13.6. The maximum absolute atomic E-state index is 13.7. The summed E-state index contributed by atoms with van der Waals surface area (Å²) >= 11 is 3.31. The molecule has 0 bridgehead atoms. The summed E-state index contributed by atoms with van der Waals surface area (Å²) in [5, 5.41) is 0. The Morgan fingerprint density at radius 3 is 2.86 bits per heavy atom. The van der Waals surface area contributed by atoms with Gasteiger partial charge in [0.2, 0.25) is 0 Å². The van der Waals surface area contributed by atoms with Crippen molar-refractivity contribution in [1.29, 1.82) is 0 Å². The summed E-state index contributed by atoms with van der Waals surface area (Å²) in [5.41, 5.74) is 0.664. The lowest BCUT2D eigenvalue weighted by atomic mass is 10.1. The number of amides is 1. The fraction of sp³-hybridized carbons (Fsp3) is 0.188. The molecular formula is C16H12BrF2NO2. The molecule has 0 atom stereocenters. The Labute approximate surface area is 134 Å². The van der Waals surface area contributed by atoms with Crippen molar-refractivity contribution >= 4 is 27.5 Å². The van der Waals surface area contributed by atoms with Crippen molar-refractivity contribution in [3.05, 3.63) is 58.1 Å². The van der Waals surface area contributed by atoms with Crippen molar-refractivity contribution < 1.29 is 18.3 Å². The second-order valence-corrected chi connectivity index (χ2v) is 5.84. The van der Waals surface area contributed by atoms with Gasteiger partial charge in [-0.2, -0.15) is 0 Å². The summed E-state index contributed by atoms with van der Waals surface area (Å²) in [6, 6.07) is 9.13. The smallest absolute Gasteiger partial charge is 0.264 e. The SMILES string of the molecule is O=C(COc1cccc(Br)c1)N1CCc2c(F)cc(F)cc21. The first-order valence-corrected chi connectivity index (χ1v) is 7.50. The minimum atomic E-state index is -0.691. The van der Waals surface area contributed by atoms with E-state index in [2.05, 4.69) is 15.9 Å². The molecule has 0 saturated heterocycles. The molecule has 0 unspecified atom stereocenters. The van der Waals surface area contributed by atoms with Crippen LogP contribution in [0.25, 0.3) is 0 Å². The number of benzene rings is 2. The van der Waals surface area contributed by atoms with Gasteiger partial charge in [-0.05, 0) is 30.7 Å². The van der Waals surface area contributed by atoms with Crippen molar-refractivity contribution in [2.75, 3.05) is 18.1 Å². The Morgan fingerprint density at radius 2 is 2.09 bits per heavy atom. The number of fused-ring (bicyclic) bond motifs is 1. The maximum atomic E-state index is 13.7. The van der Waals surface area contributed by atoms with E-state index < -0.39 is 11.6 Å². The van der Waals surface area contributed by atoms with E-state index in [9.17, 15) is 13.6 Å². The van der Waals surface area contributed by atoms with Crippen LogP contribution in [0.3, 0.4) is 0 Å². The van der Waals surface area contributed by atoms with Crippen LogP contribution in [0.2, 0.25) is 0 Å². The molecule has 0 aromatic heterocycles. The molecule has 6 heteroatoms. The first-order valence-electron chi connectivity index (χ1n) is 6.71. The number of halogens is 3. The highest BCUT2D eigenvalue weighted by molar-refractivity contribution is 9.10. The van der Waals surface area contributed by atoms with Gasteiger partial charge in [0.1, 0.15) is 17.4 Å². The van der Waals surface area contributed by atoms with E-state index in [1.54, 1.807) is 18.2 Å². The van der Waals surface area contributed by atoms with Gasteiger partial charge >= 0.3 is 0 Å². The fourth-order valence-electron chi connectivity index (χ4n) is 2.46. The Kier molecular flexibility index (Phi) is 4.11. The molecule has 0 N–H and O–H groups in total. The largest absolute Gasteiger partial charge is 0.484 e. The summed E-state index contributed by atoms with van der Waals surface area (Å²) in [7, 11) is 0. The Balaban J connectivity index is 1.73. The fourth-order valence-corrected chi connectivity index (χ4v) is 2.84. The van der Waals surface area contributed by atoms with Crippen LogP contribution in [0.1, 0.15) is 5.56 Å². The standard InChI is InChI=1S/C16H12BrF2NO2/c17-10-2-1-3-12(6-10)22-9-16(21)20-5-4-13-14(19)7-11(18)8-15(13)20/h1-3,6-8H,4-5,9H2. The van der Waals surface area contributed by atoms with Crippen molar-refractivity contribution in [3.63, 3.8) is 0 Å². The predicted molar refractivity (Wildman–Crippen MR) is 82.1 cm³/mol. The van der Waals surface area contributed by atoms with Gasteiger partial charge < -0.3 is 9.64 Å². The summed E-state index contributed by atoms with van der Waals surface area (Å²) in [6.07, 6.45) is 0.379. The average Bonchev–Trinajstić information content (AvgIpc) is 2.89. The zero-order valence-corrected chi connectivity index (χ0v) is 13.1. The van der Waals surface area contributed by atoms with E-state index in [-0.39, 0.29) is 12.5 Å². The van der Waals surface area contributed by atoms with Crippen LogP contribution >= 0.6 is 15.9 Å². The third kappa shape index (κ3) is 2.97. The average molecular weight is 368 g/mol. The number of anilines is 1. The Hall–Kier alpha value is -1.95. The first kappa shape index (κ1) is 15.0. The molecule has 114 valence electrons. The molecule has 0 fully saturated rings. The van der Waals surface area contributed by atoms with Crippen LogP contribution in [0.4, 0.5) is 14.5 Å². The monoisotopic (exact) mass is 367 g/mol. The lowest BCUT2D eigenvalue weighted by Crippen LogP contribution is -2.33. The number of carbonyl (C=O) groups is 1. The normalized spacial score (nSPS) is 13.1. The number of hydrogen-bond acceptors (Lipinski definition) is 2. The molecule has 1 amide bonds. The van der Waals surface area contributed by atoms with Gasteiger partial charge in [-0.25, -0.2) is 8.78 Å². The van der Waals surface area contributed by atoms with Gasteiger partial charge in [0.05, 0.1) is 5.69 Å². The predicted octanol–water partition coefficient (Wildman–Crippen LogP) is 3.70. The number of rotatable bonds is 3. The zero-order valence-electron chi connectivity index (χ0n) is 11.5. The van der Waals surface area contributed by atoms with Gasteiger partial charge in [-0.15, -0.1) is 0 Å². The summed E-state index contributed by atoms with van der Waals surface area (Å²) < 4.78 is 33.3. The molecule has 0 radical (unpaired) electrons. The zero-order chi connectivity index (χ0) is 15.7. The molecule has 0 aliphatic carbocycles. The number of ether oxygens (including phenoxy) is 1. The second-order valence-electron chi connectivity index (χ2n) is 4.93. The number of nitrogens with zero attached hydrogens (tertiary/aromatic N) is 1. The molecule has 2 aromatic carbocycles. The first-order chi connectivity index (χ1) is 10.5. The van der Waals surface area contributed by atoms with E-state index in [4.69, 9.17) is 4.74 Å². The van der Waals surface area contributed by atoms with Gasteiger partial charge in [0, 0.05) is 22.6 Å². The third-order valence-electron chi connectivity index (χ3n) is 3.47. The van der Waals surface area contributed by atoms with E-state index in [0.717, 1.165) is 10.5 Å². The van der Waals surface area contributed by atoms with Gasteiger partial charge in [0.25, 0.3) is 5.91 Å². The van der Waals surface area contributed by atoms with Crippen LogP contribution < -0.4 is 9.64 Å². The van der Waals surface area contributed by atoms with E-state index in [1.807, 2.05) is 6.07 Å². The molecule has 0 saturated carbocycles. The molecule has 3 nitrogen and oxygen atoms in total. The highest BCUT2D eigenvalue weighted by Gasteiger charge is 2.28. The molecule has 0 spiro atoms. The lowest BCUT2D eigenvalue weighted by Gasteiger charge is -2.17. The third-order valence-corrected chi connectivity index (χ3v) is 3.97. The lowest BCUT2D eigenvalue weighted by molar-refractivity contribution is -0.120. The quantitative estimate of drug-likeness (QED) is 0.827. The Bertz CT molecular complexity index is 736. The number of hydrogen-bond donors (Lipinski definition) is 0. The van der Waals surface area contributed by atoms with Gasteiger partial charge in [0.15, 0.2) is 6.61 Å². The van der Waals surface area contributed by atoms with Crippen molar-refractivity contribution in [1.82, 2.24) is 0 Å².